The van der Waals surface area contributed by atoms with Crippen LogP contribution in [0.2, 0.25) is 0 Å². The molecule has 4 rings (SSSR count). The Hall–Kier alpha value is -1.17. The number of fused-ring (bicyclic) bond motifs is 3. The van der Waals surface area contributed by atoms with E-state index in [9.17, 15) is 28.3 Å². The highest BCUT2D eigenvalue weighted by Gasteiger charge is 2.62. The Morgan fingerprint density at radius 3 is 2.64 bits per heavy atom. The van der Waals surface area contributed by atoms with Gasteiger partial charge in [-0.3, -0.25) is 18.9 Å². The number of phosphoric ester groups is 1. The fourth-order valence-electron chi connectivity index (χ4n) is 3.36. The number of nitrogen functional groups attached to an aromatic ring is 1. The predicted octanol–water partition coefficient (Wildman–Crippen LogP) is -0.990. The van der Waals surface area contributed by atoms with Gasteiger partial charge in [0.2, 0.25) is 5.95 Å². The number of thiol groups is 1. The van der Waals surface area contributed by atoms with Gasteiger partial charge in [-0.2, -0.15) is 26.2 Å². The van der Waals surface area contributed by atoms with Crippen molar-refractivity contribution in [2.75, 3.05) is 18.9 Å². The molecule has 18 nitrogen and oxygen atoms in total. The van der Waals surface area contributed by atoms with Crippen molar-refractivity contribution in [1.29, 1.82) is 0 Å². The highest BCUT2D eigenvalue weighted by atomic mass is 32.1. The second-order valence-corrected chi connectivity index (χ2v) is 11.9. The second kappa shape index (κ2) is 8.20. The van der Waals surface area contributed by atoms with Crippen LogP contribution in [-0.2, 0) is 36.3 Å². The van der Waals surface area contributed by atoms with Gasteiger partial charge in [0, 0.05) is 0 Å². The van der Waals surface area contributed by atoms with Crippen molar-refractivity contribution in [2.45, 2.75) is 23.2 Å². The van der Waals surface area contributed by atoms with E-state index < -0.39 is 58.8 Å². The van der Waals surface area contributed by atoms with Gasteiger partial charge in [0.05, 0.1) is 24.8 Å². The maximum absolute atomic E-state index is 12.1. The van der Waals surface area contributed by atoms with E-state index >= 15 is 0 Å². The van der Waals surface area contributed by atoms with Crippen LogP contribution < -0.4 is 11.3 Å². The summed E-state index contributed by atoms with van der Waals surface area (Å²) in [5, 5.41) is -0.772. The van der Waals surface area contributed by atoms with Crippen molar-refractivity contribution in [1.82, 2.24) is 19.5 Å². The Bertz CT molecular complexity index is 1290. The fraction of sp³-hybridized carbons (Fsp3) is 0.545. The summed E-state index contributed by atoms with van der Waals surface area (Å²) in [6, 6.07) is 0. The summed E-state index contributed by atoms with van der Waals surface area (Å²) in [5.74, 6) is -0.178. The van der Waals surface area contributed by atoms with Crippen LogP contribution >= 0.6 is 36.1 Å². The molecular weight excluding hydrogens is 535 g/mol. The molecule has 0 aliphatic carbocycles. The molecule has 2 aromatic rings. The monoisotopic (exact) mass is 551 g/mol. The molecule has 6 atom stereocenters. The van der Waals surface area contributed by atoms with Crippen molar-refractivity contribution >= 4 is 53.2 Å². The number of H-pyrrole nitrogens is 1. The third-order valence-electron chi connectivity index (χ3n) is 4.62. The highest BCUT2D eigenvalue weighted by molar-refractivity contribution is 7.81. The summed E-state index contributed by atoms with van der Waals surface area (Å²) < 4.78 is 59.2. The molecule has 7 N–H and O–H groups in total. The van der Waals surface area contributed by atoms with E-state index in [1.807, 2.05) is 0 Å². The van der Waals surface area contributed by atoms with Crippen LogP contribution in [0, 0.1) is 0 Å². The summed E-state index contributed by atoms with van der Waals surface area (Å²) in [4.78, 5) is 58.4. The van der Waals surface area contributed by atoms with Gasteiger partial charge >= 0.3 is 23.5 Å². The van der Waals surface area contributed by atoms with Gasteiger partial charge in [0.1, 0.15) is 11.7 Å². The normalized spacial score (nSPS) is 31.0. The number of phosphoric acid groups is 3. The third-order valence-corrected chi connectivity index (χ3v) is 9.17. The molecule has 0 spiro atoms. The van der Waals surface area contributed by atoms with E-state index in [4.69, 9.17) is 29.5 Å². The molecule has 22 heteroatoms. The standard InChI is InChI=1S/C11H16N5O13P3S/c12-10-14-7-4(8(17)15-10)13-3-16(7)9-5-6(33)11(27-9,1-25-5)2-26-31(21,22)29-32(23,24)28-30(18,19)20/h3,5-6,9,33H,1-2H2,(H,21,22)(H,23,24)(H2,18,19,20)(H3,12,14,15,17)/t5-,6+,9-,11-/m1/s1. The van der Waals surface area contributed by atoms with E-state index in [0.29, 0.717) is 0 Å². The van der Waals surface area contributed by atoms with E-state index in [0.717, 1.165) is 0 Å². The molecule has 2 aromatic heterocycles. The number of aromatic amines is 1. The number of aromatic nitrogens is 4. The van der Waals surface area contributed by atoms with Gasteiger partial charge in [-0.15, -0.1) is 0 Å². The van der Waals surface area contributed by atoms with Crippen molar-refractivity contribution in [3.8, 4) is 0 Å². The first kappa shape index (κ1) is 24.9. The average molecular weight is 551 g/mol. The number of hydrogen-bond acceptors (Lipinski definition) is 13. The molecular formula is C11H16N5O13P3S. The van der Waals surface area contributed by atoms with Gasteiger partial charge in [-0.25, -0.2) is 18.7 Å². The minimum absolute atomic E-state index is 0.0337. The number of nitrogens with two attached hydrogens (primary N) is 1. The quantitative estimate of drug-likeness (QED) is 0.153. The molecule has 2 aliphatic rings. The number of nitrogens with zero attached hydrogens (tertiary/aromatic N) is 3. The zero-order chi connectivity index (χ0) is 24.4. The Kier molecular flexibility index (Phi) is 6.20. The molecule has 0 saturated carbocycles. The number of ether oxygens (including phenoxy) is 2. The lowest BCUT2D eigenvalue weighted by Gasteiger charge is -2.31. The zero-order valence-corrected chi connectivity index (χ0v) is 19.5. The first-order valence-electron chi connectivity index (χ1n) is 8.60. The average Bonchev–Trinajstić information content (AvgIpc) is 3.27. The lowest BCUT2D eigenvalue weighted by molar-refractivity contribution is -0.180. The summed E-state index contributed by atoms with van der Waals surface area (Å²) >= 11 is 4.41. The van der Waals surface area contributed by atoms with E-state index in [1.165, 1.54) is 10.9 Å². The molecule has 33 heavy (non-hydrogen) atoms. The lowest BCUT2D eigenvalue weighted by atomic mass is 10.0. The van der Waals surface area contributed by atoms with E-state index in [2.05, 4.69) is 36.2 Å². The Labute approximate surface area is 187 Å². The fourth-order valence-corrected chi connectivity index (χ4v) is 6.88. The molecule has 2 bridgehead atoms. The van der Waals surface area contributed by atoms with Crippen molar-refractivity contribution < 1.29 is 55.9 Å². The van der Waals surface area contributed by atoms with E-state index in [-0.39, 0.29) is 23.7 Å². The van der Waals surface area contributed by atoms with Crippen LogP contribution in [0.25, 0.3) is 11.2 Å². The van der Waals surface area contributed by atoms with Crippen LogP contribution in [0.5, 0.6) is 0 Å². The maximum Gasteiger partial charge on any atom is 0.490 e. The summed E-state index contributed by atoms with van der Waals surface area (Å²) in [7, 11) is -16.6. The minimum Gasteiger partial charge on any atom is -0.369 e. The van der Waals surface area contributed by atoms with Crippen LogP contribution in [0.15, 0.2) is 11.1 Å². The zero-order valence-electron chi connectivity index (χ0n) is 15.9. The Morgan fingerprint density at radius 2 is 1.97 bits per heavy atom. The lowest BCUT2D eigenvalue weighted by Crippen LogP contribution is -2.43. The maximum atomic E-state index is 12.1. The number of imidazole rings is 1. The highest BCUT2D eigenvalue weighted by Crippen LogP contribution is 2.66. The Balaban J connectivity index is 1.52. The summed E-state index contributed by atoms with van der Waals surface area (Å²) in [6.45, 7) is -0.943. The molecule has 0 radical (unpaired) electrons. The minimum atomic E-state index is -5.68. The van der Waals surface area contributed by atoms with Crippen LogP contribution in [0.3, 0.4) is 0 Å². The molecule has 2 saturated heterocycles. The molecule has 2 unspecified atom stereocenters. The number of anilines is 1. The topological polar surface area (TPSA) is 268 Å². The molecule has 4 heterocycles. The number of rotatable bonds is 8. The molecule has 0 amide bonds. The third kappa shape index (κ3) is 4.97. The van der Waals surface area contributed by atoms with Crippen LogP contribution in [0.4, 0.5) is 5.95 Å². The number of hydrogen-bond donors (Lipinski definition) is 7. The van der Waals surface area contributed by atoms with Crippen molar-refractivity contribution in [3.63, 3.8) is 0 Å². The first-order chi connectivity index (χ1) is 15.1. The van der Waals surface area contributed by atoms with Crippen molar-refractivity contribution in [2.24, 2.45) is 0 Å². The van der Waals surface area contributed by atoms with Gasteiger partial charge in [-0.1, -0.05) is 0 Å². The van der Waals surface area contributed by atoms with Crippen LogP contribution in [-0.4, -0.2) is 69.3 Å². The number of nitrogens with one attached hydrogen (secondary N) is 1. The SMILES string of the molecule is Nc1nc2c(ncn2[C@@H]2O[C@@]3(COP(=O)(O)OP(=O)(O)OP(=O)(O)O)CO[C@@H]2[C@@H]3S)c(=O)[nH]1. The van der Waals surface area contributed by atoms with Gasteiger partial charge in [0.15, 0.2) is 17.4 Å². The second-order valence-electron chi connectivity index (χ2n) is 6.93. The van der Waals surface area contributed by atoms with Gasteiger partial charge < -0.3 is 34.8 Å². The summed E-state index contributed by atoms with van der Waals surface area (Å²) in [6.07, 6.45) is -0.487. The van der Waals surface area contributed by atoms with Gasteiger partial charge in [-0.05, 0) is 0 Å². The van der Waals surface area contributed by atoms with Gasteiger partial charge in [0.25, 0.3) is 5.56 Å². The molecule has 0 aromatic carbocycles. The predicted molar refractivity (Wildman–Crippen MR) is 108 cm³/mol. The Morgan fingerprint density at radius 1 is 1.27 bits per heavy atom. The molecule has 184 valence electrons. The molecule has 2 aliphatic heterocycles. The summed E-state index contributed by atoms with van der Waals surface area (Å²) in [5.41, 5.74) is 3.54. The first-order valence-corrected chi connectivity index (χ1v) is 13.6. The largest absolute Gasteiger partial charge is 0.490 e. The smallest absolute Gasteiger partial charge is 0.369 e. The van der Waals surface area contributed by atoms with Crippen LogP contribution in [0.1, 0.15) is 6.23 Å². The molecule has 2 fully saturated rings. The van der Waals surface area contributed by atoms with E-state index in [1.54, 1.807) is 0 Å². The van der Waals surface area contributed by atoms with Crippen molar-refractivity contribution in [3.05, 3.63) is 16.7 Å².